The standard InChI is InChI=1S/C26H21NO4/c1-16-11-13-18(14-12-16)25(29)19-7-3-4-8-20(19)26(30)31-15-23(28)24-17(2)27-22-10-6-5-9-21(22)24/h3-14,27H,15H2,1-2H3. The van der Waals surface area contributed by atoms with Crippen LogP contribution in [-0.2, 0) is 4.74 Å². The molecule has 5 heteroatoms. The van der Waals surface area contributed by atoms with E-state index in [9.17, 15) is 14.4 Å². The molecule has 0 aliphatic rings. The van der Waals surface area contributed by atoms with Crippen molar-refractivity contribution in [2.45, 2.75) is 13.8 Å². The maximum absolute atomic E-state index is 12.9. The van der Waals surface area contributed by atoms with Crippen LogP contribution in [0.3, 0.4) is 0 Å². The van der Waals surface area contributed by atoms with Crippen LogP contribution in [0.2, 0.25) is 0 Å². The molecule has 0 saturated carbocycles. The van der Waals surface area contributed by atoms with E-state index < -0.39 is 12.6 Å². The highest BCUT2D eigenvalue weighted by Crippen LogP contribution is 2.23. The molecule has 1 N–H and O–H groups in total. The minimum Gasteiger partial charge on any atom is -0.454 e. The third kappa shape index (κ3) is 4.03. The van der Waals surface area contributed by atoms with Crippen LogP contribution in [0.4, 0.5) is 0 Å². The van der Waals surface area contributed by atoms with Crippen LogP contribution < -0.4 is 0 Å². The fourth-order valence-corrected chi connectivity index (χ4v) is 3.64. The van der Waals surface area contributed by atoms with Gasteiger partial charge in [-0.15, -0.1) is 0 Å². The molecule has 0 amide bonds. The summed E-state index contributed by atoms with van der Waals surface area (Å²) in [5.41, 5.74) is 3.98. The smallest absolute Gasteiger partial charge is 0.339 e. The van der Waals surface area contributed by atoms with E-state index in [1.807, 2.05) is 50.2 Å². The van der Waals surface area contributed by atoms with Crippen LogP contribution in [-0.4, -0.2) is 29.1 Å². The molecule has 1 aromatic heterocycles. The Hall–Kier alpha value is -3.99. The van der Waals surface area contributed by atoms with Gasteiger partial charge in [-0.1, -0.05) is 66.2 Å². The van der Waals surface area contributed by atoms with Gasteiger partial charge in [0, 0.05) is 33.3 Å². The minimum absolute atomic E-state index is 0.136. The largest absolute Gasteiger partial charge is 0.454 e. The summed E-state index contributed by atoms with van der Waals surface area (Å²) in [7, 11) is 0. The number of carbonyl (C=O) groups excluding carboxylic acids is 3. The number of ketones is 2. The van der Waals surface area contributed by atoms with Gasteiger partial charge in [0.25, 0.3) is 0 Å². The zero-order valence-electron chi connectivity index (χ0n) is 17.3. The Morgan fingerprint density at radius 2 is 1.45 bits per heavy atom. The molecule has 31 heavy (non-hydrogen) atoms. The Kier molecular flexibility index (Phi) is 5.50. The molecule has 0 spiro atoms. The molecule has 0 atom stereocenters. The van der Waals surface area contributed by atoms with E-state index in [-0.39, 0.29) is 22.7 Å². The first-order valence-electron chi connectivity index (χ1n) is 9.93. The number of Topliss-reactive ketones (excluding diaryl/α,β-unsaturated/α-hetero) is 1. The Balaban J connectivity index is 1.54. The van der Waals surface area contributed by atoms with Crippen LogP contribution in [0.1, 0.15) is 47.9 Å². The quantitative estimate of drug-likeness (QED) is 0.356. The van der Waals surface area contributed by atoms with Gasteiger partial charge in [0.1, 0.15) is 0 Å². The minimum atomic E-state index is -0.707. The number of aryl methyl sites for hydroxylation is 2. The summed E-state index contributed by atoms with van der Waals surface area (Å²) in [5.74, 6) is -1.28. The maximum atomic E-state index is 12.9. The van der Waals surface area contributed by atoms with Crippen molar-refractivity contribution in [3.8, 4) is 0 Å². The lowest BCUT2D eigenvalue weighted by Gasteiger charge is -2.09. The van der Waals surface area contributed by atoms with E-state index in [1.54, 1.807) is 30.3 Å². The lowest BCUT2D eigenvalue weighted by Crippen LogP contribution is -2.17. The summed E-state index contributed by atoms with van der Waals surface area (Å²) in [6.07, 6.45) is 0. The van der Waals surface area contributed by atoms with Crippen molar-refractivity contribution in [2.24, 2.45) is 0 Å². The molecule has 4 rings (SSSR count). The monoisotopic (exact) mass is 411 g/mol. The van der Waals surface area contributed by atoms with Crippen LogP contribution >= 0.6 is 0 Å². The topological polar surface area (TPSA) is 76.2 Å². The third-order valence-electron chi connectivity index (χ3n) is 5.21. The molecule has 0 aliphatic carbocycles. The average Bonchev–Trinajstić information content (AvgIpc) is 3.13. The molecule has 3 aromatic carbocycles. The Bertz CT molecular complexity index is 1300. The number of rotatable bonds is 6. The number of ether oxygens (including phenoxy) is 1. The van der Waals surface area contributed by atoms with Crippen molar-refractivity contribution in [3.63, 3.8) is 0 Å². The van der Waals surface area contributed by atoms with Gasteiger partial charge in [-0.25, -0.2) is 4.79 Å². The normalized spacial score (nSPS) is 10.8. The van der Waals surface area contributed by atoms with Crippen molar-refractivity contribution in [1.82, 2.24) is 4.98 Å². The predicted octanol–water partition coefficient (Wildman–Crippen LogP) is 5.06. The van der Waals surface area contributed by atoms with Crippen LogP contribution in [0, 0.1) is 13.8 Å². The number of H-pyrrole nitrogens is 1. The van der Waals surface area contributed by atoms with Crippen LogP contribution in [0.25, 0.3) is 10.9 Å². The molecule has 1 heterocycles. The number of nitrogens with one attached hydrogen (secondary N) is 1. The average molecular weight is 411 g/mol. The Labute approximate surface area is 179 Å². The fraction of sp³-hybridized carbons (Fsp3) is 0.115. The number of aromatic nitrogens is 1. The first kappa shape index (κ1) is 20.3. The first-order valence-corrected chi connectivity index (χ1v) is 9.93. The SMILES string of the molecule is Cc1ccc(C(=O)c2ccccc2C(=O)OCC(=O)c2c(C)[nH]c3ccccc23)cc1. The van der Waals surface area contributed by atoms with Gasteiger partial charge >= 0.3 is 5.97 Å². The molecule has 0 saturated heterocycles. The number of benzene rings is 3. The molecular formula is C26H21NO4. The Morgan fingerprint density at radius 1 is 0.806 bits per heavy atom. The number of carbonyl (C=O) groups is 3. The highest BCUT2D eigenvalue weighted by atomic mass is 16.5. The van der Waals surface area contributed by atoms with Crippen LogP contribution in [0.5, 0.6) is 0 Å². The highest BCUT2D eigenvalue weighted by Gasteiger charge is 2.22. The van der Waals surface area contributed by atoms with E-state index in [2.05, 4.69) is 4.98 Å². The summed E-state index contributed by atoms with van der Waals surface area (Å²) in [5, 5.41) is 0.788. The third-order valence-corrected chi connectivity index (χ3v) is 5.21. The number of aromatic amines is 1. The molecule has 5 nitrogen and oxygen atoms in total. The second-order valence-corrected chi connectivity index (χ2v) is 7.41. The van der Waals surface area contributed by atoms with E-state index in [1.165, 1.54) is 6.07 Å². The lowest BCUT2D eigenvalue weighted by molar-refractivity contribution is 0.0473. The molecule has 4 aromatic rings. The summed E-state index contributed by atoms with van der Waals surface area (Å²) in [6, 6.07) is 21.1. The molecule has 154 valence electrons. The van der Waals surface area contributed by atoms with Gasteiger partial charge in [0.15, 0.2) is 12.4 Å². The second-order valence-electron chi connectivity index (χ2n) is 7.41. The molecule has 0 fully saturated rings. The van der Waals surface area contributed by atoms with E-state index in [0.717, 1.165) is 22.2 Å². The van der Waals surface area contributed by atoms with Gasteiger partial charge in [-0.2, -0.15) is 0 Å². The van der Waals surface area contributed by atoms with Gasteiger partial charge in [0.2, 0.25) is 5.78 Å². The van der Waals surface area contributed by atoms with Crippen molar-refractivity contribution in [1.29, 1.82) is 0 Å². The van der Waals surface area contributed by atoms with Gasteiger partial charge < -0.3 is 9.72 Å². The molecule has 0 bridgehead atoms. The van der Waals surface area contributed by atoms with Crippen LogP contribution in [0.15, 0.2) is 72.8 Å². The van der Waals surface area contributed by atoms with E-state index >= 15 is 0 Å². The van der Waals surface area contributed by atoms with Crippen molar-refractivity contribution in [2.75, 3.05) is 6.61 Å². The van der Waals surface area contributed by atoms with Gasteiger partial charge in [-0.05, 0) is 26.0 Å². The number of para-hydroxylation sites is 1. The predicted molar refractivity (Wildman–Crippen MR) is 119 cm³/mol. The van der Waals surface area contributed by atoms with Crippen molar-refractivity contribution >= 4 is 28.4 Å². The number of fused-ring (bicyclic) bond motifs is 1. The summed E-state index contributed by atoms with van der Waals surface area (Å²) in [4.78, 5) is 41.6. The van der Waals surface area contributed by atoms with Crippen molar-refractivity contribution in [3.05, 3.63) is 106 Å². The zero-order valence-corrected chi connectivity index (χ0v) is 17.3. The van der Waals surface area contributed by atoms with Gasteiger partial charge in [0.05, 0.1) is 5.56 Å². The second kappa shape index (κ2) is 8.40. The lowest BCUT2D eigenvalue weighted by atomic mass is 9.98. The first-order chi connectivity index (χ1) is 15.0. The van der Waals surface area contributed by atoms with E-state index in [0.29, 0.717) is 11.1 Å². The zero-order chi connectivity index (χ0) is 22.0. The fourth-order valence-electron chi connectivity index (χ4n) is 3.64. The summed E-state index contributed by atoms with van der Waals surface area (Å²) >= 11 is 0. The highest BCUT2D eigenvalue weighted by molar-refractivity contribution is 6.15. The number of hydrogen-bond donors (Lipinski definition) is 1. The van der Waals surface area contributed by atoms with Crippen molar-refractivity contribution < 1.29 is 19.1 Å². The summed E-state index contributed by atoms with van der Waals surface area (Å²) in [6.45, 7) is 3.34. The molecule has 0 aliphatic heterocycles. The number of hydrogen-bond acceptors (Lipinski definition) is 4. The summed E-state index contributed by atoms with van der Waals surface area (Å²) < 4.78 is 5.31. The molecule has 0 radical (unpaired) electrons. The Morgan fingerprint density at radius 3 is 2.19 bits per heavy atom. The van der Waals surface area contributed by atoms with E-state index in [4.69, 9.17) is 4.74 Å². The van der Waals surface area contributed by atoms with Gasteiger partial charge in [-0.3, -0.25) is 9.59 Å². The maximum Gasteiger partial charge on any atom is 0.339 e. The number of esters is 1. The molecule has 0 unspecified atom stereocenters. The molecular weight excluding hydrogens is 390 g/mol.